The van der Waals surface area contributed by atoms with Crippen molar-refractivity contribution < 1.29 is 14.3 Å². The SMILES string of the molecule is CNCCN(C)C(=O)COc1cccc(C(C)=O)c1. The van der Waals surface area contributed by atoms with Gasteiger partial charge in [0.15, 0.2) is 12.4 Å². The second-order valence-electron chi connectivity index (χ2n) is 4.29. The summed E-state index contributed by atoms with van der Waals surface area (Å²) in [5, 5.41) is 2.98. The molecule has 5 nitrogen and oxygen atoms in total. The third-order valence-corrected chi connectivity index (χ3v) is 2.73. The van der Waals surface area contributed by atoms with Gasteiger partial charge in [0.05, 0.1) is 0 Å². The van der Waals surface area contributed by atoms with Gasteiger partial charge in [0.2, 0.25) is 0 Å². The molecule has 5 heteroatoms. The lowest BCUT2D eigenvalue weighted by Gasteiger charge is -2.17. The van der Waals surface area contributed by atoms with E-state index in [0.717, 1.165) is 6.54 Å². The minimum atomic E-state index is -0.0940. The fourth-order valence-corrected chi connectivity index (χ4v) is 1.46. The Morgan fingerprint density at radius 3 is 2.74 bits per heavy atom. The van der Waals surface area contributed by atoms with Crippen molar-refractivity contribution in [2.24, 2.45) is 0 Å². The number of nitrogens with zero attached hydrogens (tertiary/aromatic N) is 1. The Bertz CT molecular complexity index is 446. The van der Waals surface area contributed by atoms with Crippen LogP contribution in [0.5, 0.6) is 5.75 Å². The minimum Gasteiger partial charge on any atom is -0.484 e. The zero-order valence-electron chi connectivity index (χ0n) is 11.6. The summed E-state index contributed by atoms with van der Waals surface area (Å²) < 4.78 is 5.40. The Kier molecular flexibility index (Phi) is 6.02. The van der Waals surface area contributed by atoms with Crippen molar-refractivity contribution in [3.8, 4) is 5.75 Å². The van der Waals surface area contributed by atoms with Crippen LogP contribution in [-0.4, -0.2) is 50.4 Å². The number of benzene rings is 1. The van der Waals surface area contributed by atoms with Gasteiger partial charge in [-0.05, 0) is 26.1 Å². The average Bonchev–Trinajstić information content (AvgIpc) is 2.42. The second kappa shape index (κ2) is 7.53. The summed E-state index contributed by atoms with van der Waals surface area (Å²) in [7, 11) is 3.57. The van der Waals surface area contributed by atoms with Crippen molar-refractivity contribution in [2.75, 3.05) is 33.8 Å². The molecule has 1 N–H and O–H groups in total. The van der Waals surface area contributed by atoms with Crippen LogP contribution in [0.25, 0.3) is 0 Å². The number of carbonyl (C=O) groups excluding carboxylic acids is 2. The molecule has 0 heterocycles. The van der Waals surface area contributed by atoms with Crippen LogP contribution in [0.1, 0.15) is 17.3 Å². The van der Waals surface area contributed by atoms with Crippen LogP contribution in [0.4, 0.5) is 0 Å². The first-order valence-electron chi connectivity index (χ1n) is 6.17. The van der Waals surface area contributed by atoms with Crippen LogP contribution in [0, 0.1) is 0 Å². The van der Waals surface area contributed by atoms with E-state index in [1.165, 1.54) is 6.92 Å². The molecule has 0 saturated carbocycles. The van der Waals surface area contributed by atoms with Gasteiger partial charge in [0, 0.05) is 25.7 Å². The largest absolute Gasteiger partial charge is 0.484 e. The number of nitrogens with one attached hydrogen (secondary N) is 1. The highest BCUT2D eigenvalue weighted by Gasteiger charge is 2.09. The van der Waals surface area contributed by atoms with Crippen molar-refractivity contribution in [3.05, 3.63) is 29.8 Å². The summed E-state index contributed by atoms with van der Waals surface area (Å²) in [4.78, 5) is 24.6. The van der Waals surface area contributed by atoms with Crippen molar-refractivity contribution in [1.29, 1.82) is 0 Å². The highest BCUT2D eigenvalue weighted by molar-refractivity contribution is 5.94. The van der Waals surface area contributed by atoms with Crippen LogP contribution in [0.15, 0.2) is 24.3 Å². The van der Waals surface area contributed by atoms with Crippen molar-refractivity contribution >= 4 is 11.7 Å². The van der Waals surface area contributed by atoms with E-state index < -0.39 is 0 Å². The summed E-state index contributed by atoms with van der Waals surface area (Å²) in [5.41, 5.74) is 0.577. The number of hydrogen-bond donors (Lipinski definition) is 1. The van der Waals surface area contributed by atoms with Gasteiger partial charge in [-0.2, -0.15) is 0 Å². The monoisotopic (exact) mass is 264 g/mol. The quantitative estimate of drug-likeness (QED) is 0.745. The highest BCUT2D eigenvalue weighted by atomic mass is 16.5. The lowest BCUT2D eigenvalue weighted by Crippen LogP contribution is -2.35. The fraction of sp³-hybridized carbons (Fsp3) is 0.429. The van der Waals surface area contributed by atoms with Gasteiger partial charge < -0.3 is 15.0 Å². The van der Waals surface area contributed by atoms with E-state index in [1.807, 2.05) is 7.05 Å². The normalized spacial score (nSPS) is 10.1. The van der Waals surface area contributed by atoms with Gasteiger partial charge in [-0.15, -0.1) is 0 Å². The number of likely N-dealkylation sites (N-methyl/N-ethyl adjacent to an activating group) is 2. The predicted molar refractivity (Wildman–Crippen MR) is 73.5 cm³/mol. The summed E-state index contributed by atoms with van der Waals surface area (Å²) >= 11 is 0. The third-order valence-electron chi connectivity index (χ3n) is 2.73. The fourth-order valence-electron chi connectivity index (χ4n) is 1.46. The first-order valence-corrected chi connectivity index (χ1v) is 6.17. The minimum absolute atomic E-state index is 0.0251. The van der Waals surface area contributed by atoms with E-state index in [-0.39, 0.29) is 18.3 Å². The summed E-state index contributed by atoms with van der Waals surface area (Å²) in [6, 6.07) is 6.83. The molecule has 0 aliphatic heterocycles. The topological polar surface area (TPSA) is 58.6 Å². The Morgan fingerprint density at radius 1 is 1.37 bits per heavy atom. The molecule has 19 heavy (non-hydrogen) atoms. The van der Waals surface area contributed by atoms with Crippen molar-refractivity contribution in [3.63, 3.8) is 0 Å². The summed E-state index contributed by atoms with van der Waals surface area (Å²) in [5.74, 6) is 0.412. The molecule has 104 valence electrons. The van der Waals surface area contributed by atoms with E-state index in [4.69, 9.17) is 4.74 Å². The van der Waals surface area contributed by atoms with E-state index in [2.05, 4.69) is 5.32 Å². The van der Waals surface area contributed by atoms with Crippen molar-refractivity contribution in [2.45, 2.75) is 6.92 Å². The van der Waals surface area contributed by atoms with Gasteiger partial charge in [-0.1, -0.05) is 12.1 Å². The van der Waals surface area contributed by atoms with Crippen LogP contribution < -0.4 is 10.1 Å². The van der Waals surface area contributed by atoms with E-state index in [1.54, 1.807) is 36.2 Å². The maximum absolute atomic E-state index is 11.7. The molecule has 0 saturated heterocycles. The lowest BCUT2D eigenvalue weighted by atomic mass is 10.1. The molecule has 1 amide bonds. The molecule has 0 aliphatic rings. The van der Waals surface area contributed by atoms with Crippen LogP contribution in [-0.2, 0) is 4.79 Å². The molecule has 0 spiro atoms. The molecule has 1 aromatic rings. The second-order valence-corrected chi connectivity index (χ2v) is 4.29. The Balaban J connectivity index is 2.50. The Morgan fingerprint density at radius 2 is 2.11 bits per heavy atom. The Hall–Kier alpha value is -1.88. The molecule has 1 rings (SSSR count). The zero-order chi connectivity index (χ0) is 14.3. The third kappa shape index (κ3) is 5.09. The maximum atomic E-state index is 11.7. The standard InChI is InChI=1S/C14H20N2O3/c1-11(17)12-5-4-6-13(9-12)19-10-14(18)16(3)8-7-15-2/h4-6,9,15H,7-8,10H2,1-3H3. The van der Waals surface area contributed by atoms with E-state index in [9.17, 15) is 9.59 Å². The van der Waals surface area contributed by atoms with E-state index >= 15 is 0 Å². The first-order chi connectivity index (χ1) is 9.04. The molecule has 0 bridgehead atoms. The van der Waals surface area contributed by atoms with Gasteiger partial charge >= 0.3 is 0 Å². The van der Waals surface area contributed by atoms with Gasteiger partial charge in [0.1, 0.15) is 5.75 Å². The molecule has 0 atom stereocenters. The number of rotatable bonds is 7. The first kappa shape index (κ1) is 15.2. The van der Waals surface area contributed by atoms with Crippen molar-refractivity contribution in [1.82, 2.24) is 10.2 Å². The number of ketones is 1. The molecule has 0 aliphatic carbocycles. The number of ether oxygens (including phenoxy) is 1. The van der Waals surface area contributed by atoms with Gasteiger partial charge in [-0.3, -0.25) is 9.59 Å². The molecular formula is C14H20N2O3. The molecule has 1 aromatic carbocycles. The number of Topliss-reactive ketones (excluding diaryl/α,β-unsaturated/α-hetero) is 1. The molecule has 0 unspecified atom stereocenters. The Labute approximate surface area is 113 Å². The van der Waals surface area contributed by atoms with E-state index in [0.29, 0.717) is 17.9 Å². The van der Waals surface area contributed by atoms with Gasteiger partial charge in [-0.25, -0.2) is 0 Å². The number of amides is 1. The number of hydrogen-bond acceptors (Lipinski definition) is 4. The predicted octanol–water partition coefficient (Wildman–Crippen LogP) is 0.946. The smallest absolute Gasteiger partial charge is 0.260 e. The average molecular weight is 264 g/mol. The summed E-state index contributed by atoms with van der Waals surface area (Å²) in [6.45, 7) is 2.84. The summed E-state index contributed by atoms with van der Waals surface area (Å²) in [6.07, 6.45) is 0. The molecule has 0 aromatic heterocycles. The zero-order valence-corrected chi connectivity index (χ0v) is 11.6. The highest BCUT2D eigenvalue weighted by Crippen LogP contribution is 2.13. The van der Waals surface area contributed by atoms with Crippen LogP contribution in [0.2, 0.25) is 0 Å². The van der Waals surface area contributed by atoms with Gasteiger partial charge in [0.25, 0.3) is 5.91 Å². The van der Waals surface area contributed by atoms with Crippen LogP contribution >= 0.6 is 0 Å². The lowest BCUT2D eigenvalue weighted by molar-refractivity contribution is -0.131. The molecule has 0 fully saturated rings. The van der Waals surface area contributed by atoms with Crippen LogP contribution in [0.3, 0.4) is 0 Å². The number of carbonyl (C=O) groups is 2. The maximum Gasteiger partial charge on any atom is 0.260 e. The molecular weight excluding hydrogens is 244 g/mol. The molecule has 0 radical (unpaired) electrons.